The van der Waals surface area contributed by atoms with Crippen molar-refractivity contribution in [2.45, 2.75) is 18.8 Å². The zero-order chi connectivity index (χ0) is 23.1. The molecule has 1 aromatic heterocycles. The van der Waals surface area contributed by atoms with E-state index in [4.69, 9.17) is 14.0 Å². The van der Waals surface area contributed by atoms with Crippen molar-refractivity contribution in [2.75, 3.05) is 33.9 Å². The van der Waals surface area contributed by atoms with Crippen LogP contribution in [0.1, 0.15) is 5.69 Å². The molecule has 1 saturated heterocycles. The minimum atomic E-state index is -0.725. The van der Waals surface area contributed by atoms with Gasteiger partial charge in [-0.2, -0.15) is 0 Å². The molecule has 0 saturated carbocycles. The Labute approximate surface area is 188 Å². The van der Waals surface area contributed by atoms with Crippen molar-refractivity contribution in [3.8, 4) is 22.8 Å². The average molecular weight is 454 g/mol. The van der Waals surface area contributed by atoms with Gasteiger partial charge in [0.1, 0.15) is 18.9 Å². The molecular formula is C21H22N6O6. The van der Waals surface area contributed by atoms with E-state index in [0.29, 0.717) is 36.2 Å². The van der Waals surface area contributed by atoms with Gasteiger partial charge < -0.3 is 29.1 Å². The Hall–Kier alpha value is -4.09. The Kier molecular flexibility index (Phi) is 5.11. The van der Waals surface area contributed by atoms with Gasteiger partial charge in [-0.15, -0.1) is 0 Å². The number of hydrogen-bond donors (Lipinski definition) is 1. The van der Waals surface area contributed by atoms with Gasteiger partial charge in [0.05, 0.1) is 19.4 Å². The SMILES string of the molecule is CN1C(=O)C2C(N=CN2CC(=O)NCc2cc(-c3ccc4c(c3)OCCO4)on2)N(C)C1=O. The first-order valence-corrected chi connectivity index (χ1v) is 10.4. The van der Waals surface area contributed by atoms with Crippen molar-refractivity contribution in [3.05, 3.63) is 30.0 Å². The highest BCUT2D eigenvalue weighted by Crippen LogP contribution is 2.34. The third kappa shape index (κ3) is 3.73. The summed E-state index contributed by atoms with van der Waals surface area (Å²) in [5, 5.41) is 6.77. The summed E-state index contributed by atoms with van der Waals surface area (Å²) in [6, 6.07) is 6.06. The summed E-state index contributed by atoms with van der Waals surface area (Å²) in [5.74, 6) is 1.15. The second-order valence-corrected chi connectivity index (χ2v) is 7.90. The number of ether oxygens (including phenoxy) is 2. The van der Waals surface area contributed by atoms with Crippen LogP contribution in [-0.2, 0) is 16.1 Å². The average Bonchev–Trinajstić information content (AvgIpc) is 3.47. The van der Waals surface area contributed by atoms with Crippen molar-refractivity contribution in [1.82, 2.24) is 25.2 Å². The molecule has 12 nitrogen and oxygen atoms in total. The Morgan fingerprint density at radius 1 is 1.15 bits per heavy atom. The monoisotopic (exact) mass is 454 g/mol. The number of urea groups is 1. The molecule has 2 atom stereocenters. The maximum absolute atomic E-state index is 12.5. The lowest BCUT2D eigenvalue weighted by Gasteiger charge is -2.39. The van der Waals surface area contributed by atoms with Crippen LogP contribution in [0.3, 0.4) is 0 Å². The molecule has 0 spiro atoms. The van der Waals surface area contributed by atoms with Crippen LogP contribution in [0.15, 0.2) is 33.8 Å². The zero-order valence-electron chi connectivity index (χ0n) is 18.1. The minimum absolute atomic E-state index is 0.0842. The third-order valence-electron chi connectivity index (χ3n) is 5.75. The summed E-state index contributed by atoms with van der Waals surface area (Å²) in [6.45, 7) is 1.07. The lowest BCUT2D eigenvalue weighted by Crippen LogP contribution is -2.64. The largest absolute Gasteiger partial charge is 0.486 e. The number of hydrogen-bond acceptors (Lipinski definition) is 9. The van der Waals surface area contributed by atoms with E-state index in [2.05, 4.69) is 15.5 Å². The van der Waals surface area contributed by atoms with Crippen LogP contribution < -0.4 is 14.8 Å². The number of fused-ring (bicyclic) bond motifs is 2. The lowest BCUT2D eigenvalue weighted by atomic mass is 10.1. The van der Waals surface area contributed by atoms with Gasteiger partial charge in [0, 0.05) is 25.7 Å². The van der Waals surface area contributed by atoms with Gasteiger partial charge in [0.25, 0.3) is 5.91 Å². The summed E-state index contributed by atoms with van der Waals surface area (Å²) in [7, 11) is 2.99. The van der Waals surface area contributed by atoms with E-state index in [1.807, 2.05) is 18.2 Å². The van der Waals surface area contributed by atoms with Crippen LogP contribution in [0.5, 0.6) is 11.5 Å². The first-order valence-electron chi connectivity index (χ1n) is 10.4. The Morgan fingerprint density at radius 3 is 2.76 bits per heavy atom. The smallest absolute Gasteiger partial charge is 0.328 e. The van der Waals surface area contributed by atoms with Gasteiger partial charge >= 0.3 is 6.03 Å². The highest BCUT2D eigenvalue weighted by molar-refractivity contribution is 6.02. The van der Waals surface area contributed by atoms with Crippen molar-refractivity contribution in [2.24, 2.45) is 4.99 Å². The fourth-order valence-electron chi connectivity index (χ4n) is 3.98. The Bertz CT molecular complexity index is 1150. The Balaban J connectivity index is 1.19. The number of imide groups is 1. The summed E-state index contributed by atoms with van der Waals surface area (Å²) in [4.78, 5) is 45.3. The van der Waals surface area contributed by atoms with Crippen LogP contribution in [-0.4, -0.2) is 90.1 Å². The van der Waals surface area contributed by atoms with Crippen LogP contribution >= 0.6 is 0 Å². The predicted molar refractivity (Wildman–Crippen MR) is 113 cm³/mol. The number of aliphatic imine (C=N–C) groups is 1. The van der Waals surface area contributed by atoms with Crippen molar-refractivity contribution >= 4 is 24.2 Å². The van der Waals surface area contributed by atoms with E-state index in [0.717, 1.165) is 10.5 Å². The number of likely N-dealkylation sites (N-methyl/N-ethyl adjacent to an activating group) is 2. The summed E-state index contributed by atoms with van der Waals surface area (Å²) >= 11 is 0. The van der Waals surface area contributed by atoms with Crippen molar-refractivity contribution in [1.29, 1.82) is 0 Å². The van der Waals surface area contributed by atoms with Gasteiger partial charge in [-0.25, -0.2) is 9.79 Å². The maximum atomic E-state index is 12.5. The molecule has 172 valence electrons. The molecule has 33 heavy (non-hydrogen) atoms. The molecule has 0 radical (unpaired) electrons. The summed E-state index contributed by atoms with van der Waals surface area (Å²) in [6.07, 6.45) is 0.796. The van der Waals surface area contributed by atoms with E-state index in [1.165, 1.54) is 23.2 Å². The number of carbonyl (C=O) groups excluding carboxylic acids is 3. The van der Waals surface area contributed by atoms with Gasteiger partial charge in [-0.3, -0.25) is 14.5 Å². The van der Waals surface area contributed by atoms with Gasteiger partial charge in [0.15, 0.2) is 29.5 Å². The van der Waals surface area contributed by atoms with Gasteiger partial charge in [-0.05, 0) is 18.2 Å². The van der Waals surface area contributed by atoms with Gasteiger partial charge in [-0.1, -0.05) is 5.16 Å². The fourth-order valence-corrected chi connectivity index (χ4v) is 3.98. The zero-order valence-corrected chi connectivity index (χ0v) is 18.1. The predicted octanol–water partition coefficient (Wildman–Crippen LogP) is 0.291. The first kappa shape index (κ1) is 20.8. The summed E-state index contributed by atoms with van der Waals surface area (Å²) in [5.41, 5.74) is 1.32. The number of benzene rings is 1. The molecule has 2 unspecified atom stereocenters. The summed E-state index contributed by atoms with van der Waals surface area (Å²) < 4.78 is 16.5. The Morgan fingerprint density at radius 2 is 1.94 bits per heavy atom. The number of rotatable bonds is 5. The molecule has 1 N–H and O–H groups in total. The van der Waals surface area contributed by atoms with E-state index in [-0.39, 0.29) is 19.0 Å². The normalized spacial score (nSPS) is 21.5. The van der Waals surface area contributed by atoms with Gasteiger partial charge in [0.2, 0.25) is 5.91 Å². The number of aromatic nitrogens is 1. The van der Waals surface area contributed by atoms with Crippen LogP contribution in [0.2, 0.25) is 0 Å². The molecule has 5 rings (SSSR count). The molecule has 0 aliphatic carbocycles. The van der Waals surface area contributed by atoms with E-state index < -0.39 is 24.1 Å². The number of nitrogens with zero attached hydrogens (tertiary/aromatic N) is 5. The highest BCUT2D eigenvalue weighted by atomic mass is 16.6. The quantitative estimate of drug-likeness (QED) is 0.683. The van der Waals surface area contributed by atoms with Crippen LogP contribution in [0.25, 0.3) is 11.3 Å². The molecule has 4 amide bonds. The topological polar surface area (TPSA) is 130 Å². The van der Waals surface area contributed by atoms with Crippen molar-refractivity contribution < 1.29 is 28.4 Å². The fraction of sp³-hybridized carbons (Fsp3) is 0.381. The molecule has 12 heteroatoms. The molecule has 1 fully saturated rings. The lowest BCUT2D eigenvalue weighted by molar-refractivity contribution is -0.136. The third-order valence-corrected chi connectivity index (χ3v) is 5.75. The molecule has 3 aliphatic heterocycles. The standard InChI is InChI=1S/C21H22N6O6/c1-25-19-18(20(29)26(2)21(25)30)27(11-23-19)10-17(28)22-9-13-8-15(33-24-13)12-3-4-14-16(7-12)32-6-5-31-14/h3-4,7-8,11,18-19H,5-6,9-10H2,1-2H3,(H,22,28). The van der Waals surface area contributed by atoms with Crippen LogP contribution in [0.4, 0.5) is 4.79 Å². The highest BCUT2D eigenvalue weighted by Gasteiger charge is 2.48. The second kappa shape index (κ2) is 8.11. The maximum Gasteiger partial charge on any atom is 0.328 e. The molecular weight excluding hydrogens is 432 g/mol. The molecule has 4 heterocycles. The van der Waals surface area contributed by atoms with Crippen molar-refractivity contribution in [3.63, 3.8) is 0 Å². The molecule has 1 aromatic carbocycles. The first-order chi connectivity index (χ1) is 15.9. The van der Waals surface area contributed by atoms with E-state index >= 15 is 0 Å². The van der Waals surface area contributed by atoms with E-state index in [1.54, 1.807) is 13.1 Å². The number of carbonyl (C=O) groups is 3. The molecule has 0 bridgehead atoms. The van der Waals surface area contributed by atoms with Crippen LogP contribution in [0, 0.1) is 0 Å². The van der Waals surface area contributed by atoms with E-state index in [9.17, 15) is 14.4 Å². The number of amides is 4. The second-order valence-electron chi connectivity index (χ2n) is 7.90. The molecule has 3 aliphatic rings. The number of nitrogens with one attached hydrogen (secondary N) is 1. The minimum Gasteiger partial charge on any atom is -0.486 e. The molecule has 2 aromatic rings.